The van der Waals surface area contributed by atoms with Crippen LogP contribution < -0.4 is 5.73 Å². The van der Waals surface area contributed by atoms with E-state index in [1.165, 1.54) is 18.3 Å². The molecule has 0 unspecified atom stereocenters. The van der Waals surface area contributed by atoms with Crippen LogP contribution in [0.15, 0.2) is 24.4 Å². The Morgan fingerprint density at radius 2 is 2.07 bits per heavy atom. The first kappa shape index (κ1) is 17.1. The van der Waals surface area contributed by atoms with E-state index >= 15 is 0 Å². The molecule has 0 radical (unpaired) electrons. The second-order valence-corrected chi connectivity index (χ2v) is 7.31. The first-order valence-corrected chi connectivity index (χ1v) is 8.52. The van der Waals surface area contributed by atoms with Gasteiger partial charge in [0, 0.05) is 28.0 Å². The van der Waals surface area contributed by atoms with Crippen LogP contribution in [0, 0.1) is 5.82 Å². The lowest BCUT2D eigenvalue weighted by Crippen LogP contribution is -2.22. The van der Waals surface area contributed by atoms with E-state index in [4.69, 9.17) is 10.7 Å². The maximum atomic E-state index is 13.9. The summed E-state index contributed by atoms with van der Waals surface area (Å²) in [6.07, 6.45) is 2.28. The number of H-pyrrole nitrogens is 1. The maximum Gasteiger partial charge on any atom is 0.239 e. The molecule has 4 aromatic rings. The molecule has 0 fully saturated rings. The minimum atomic E-state index is -0.435. The van der Waals surface area contributed by atoms with Gasteiger partial charge in [0.1, 0.15) is 11.6 Å². The van der Waals surface area contributed by atoms with Crippen LogP contribution in [-0.2, 0) is 10.2 Å². The number of halogens is 1. The van der Waals surface area contributed by atoms with E-state index in [9.17, 15) is 14.3 Å². The zero-order valence-electron chi connectivity index (χ0n) is 14.9. The lowest BCUT2D eigenvalue weighted by Gasteiger charge is -2.20. The molecule has 2 aromatic carbocycles. The number of aromatic hydroxyl groups is 1. The number of imidazole rings is 1. The predicted octanol–water partition coefficient (Wildman–Crippen LogP) is 3.05. The molecule has 0 bridgehead atoms. The Labute approximate surface area is 153 Å². The predicted molar refractivity (Wildman–Crippen MR) is 99.8 cm³/mol. The second-order valence-electron chi connectivity index (χ2n) is 7.31. The lowest BCUT2D eigenvalue weighted by molar-refractivity contribution is -0.118. The number of aromatic amines is 1. The van der Waals surface area contributed by atoms with Crippen molar-refractivity contribution in [2.75, 3.05) is 0 Å². The van der Waals surface area contributed by atoms with Crippen LogP contribution in [-0.4, -0.2) is 31.2 Å². The highest BCUT2D eigenvalue weighted by molar-refractivity contribution is 6.24. The molecule has 8 heteroatoms. The number of nitrogens with zero attached hydrogens (tertiary/aromatic N) is 3. The Hall–Kier alpha value is -3.29. The summed E-state index contributed by atoms with van der Waals surface area (Å²) in [4.78, 5) is 19.2. The van der Waals surface area contributed by atoms with Crippen molar-refractivity contribution >= 4 is 38.5 Å². The van der Waals surface area contributed by atoms with Gasteiger partial charge in [-0.1, -0.05) is 13.8 Å². The molecule has 4 rings (SSSR count). The molecule has 0 aliphatic heterocycles. The SMILES string of the molecule is CC(C)(CCC(N)=O)c1nc2c3ccc(F)cc3c3c(O)nncc3c2[nH]1. The number of fused-ring (bicyclic) bond motifs is 6. The third kappa shape index (κ3) is 2.73. The Bertz CT molecular complexity index is 1220. The van der Waals surface area contributed by atoms with Gasteiger partial charge in [0.05, 0.1) is 22.6 Å². The first-order chi connectivity index (χ1) is 12.8. The number of hydrogen-bond donors (Lipinski definition) is 3. The molecule has 0 atom stereocenters. The number of carbonyl (C=O) groups is 1. The van der Waals surface area contributed by atoms with Crippen molar-refractivity contribution in [1.29, 1.82) is 0 Å². The van der Waals surface area contributed by atoms with Gasteiger partial charge < -0.3 is 15.8 Å². The number of aromatic nitrogens is 4. The van der Waals surface area contributed by atoms with Gasteiger partial charge in [0.25, 0.3) is 0 Å². The number of primary amides is 1. The fraction of sp³-hybridized carbons (Fsp3) is 0.263. The van der Waals surface area contributed by atoms with Crippen LogP contribution in [0.4, 0.5) is 4.39 Å². The highest BCUT2D eigenvalue weighted by Crippen LogP contribution is 2.38. The first-order valence-electron chi connectivity index (χ1n) is 8.52. The van der Waals surface area contributed by atoms with Crippen LogP contribution in [0.2, 0.25) is 0 Å². The highest BCUT2D eigenvalue weighted by atomic mass is 19.1. The number of nitrogens with two attached hydrogens (primary N) is 1. The maximum absolute atomic E-state index is 13.9. The zero-order chi connectivity index (χ0) is 19.3. The van der Waals surface area contributed by atoms with Gasteiger partial charge in [-0.3, -0.25) is 4.79 Å². The molecule has 0 saturated carbocycles. The van der Waals surface area contributed by atoms with E-state index in [1.54, 1.807) is 6.07 Å². The third-order valence-corrected chi connectivity index (χ3v) is 4.95. The smallest absolute Gasteiger partial charge is 0.239 e. The summed E-state index contributed by atoms with van der Waals surface area (Å²) < 4.78 is 13.9. The van der Waals surface area contributed by atoms with Gasteiger partial charge >= 0.3 is 0 Å². The molecule has 0 saturated heterocycles. The zero-order valence-corrected chi connectivity index (χ0v) is 14.9. The largest absolute Gasteiger partial charge is 0.492 e. The Kier molecular flexibility index (Phi) is 3.73. The number of carbonyl (C=O) groups excluding carboxylic acids is 1. The van der Waals surface area contributed by atoms with Gasteiger partial charge in [-0.15, -0.1) is 5.10 Å². The summed E-state index contributed by atoms with van der Waals surface area (Å²) in [7, 11) is 0. The van der Waals surface area contributed by atoms with Crippen molar-refractivity contribution in [3.05, 3.63) is 36.0 Å². The van der Waals surface area contributed by atoms with Crippen LogP contribution in [0.25, 0.3) is 32.6 Å². The molecule has 2 aromatic heterocycles. The standard InChI is InChI=1S/C19H18FN5O2/c1-19(2,6-5-13(21)26)18-23-15-10-4-3-9(20)7-11(10)14-12(16(15)24-18)8-22-25-17(14)27/h3-4,7-8H,5-6H2,1-2H3,(H2,21,26)(H,23,24)(H,25,27). The van der Waals surface area contributed by atoms with Crippen LogP contribution in [0.1, 0.15) is 32.5 Å². The van der Waals surface area contributed by atoms with E-state index < -0.39 is 11.2 Å². The molecule has 138 valence electrons. The minimum Gasteiger partial charge on any atom is -0.492 e. The summed E-state index contributed by atoms with van der Waals surface area (Å²) in [5.74, 6) is -0.384. The number of nitrogens with one attached hydrogen (secondary N) is 1. The molecule has 2 heterocycles. The Balaban J connectivity index is 2.06. The average Bonchev–Trinajstić information content (AvgIpc) is 3.06. The topological polar surface area (TPSA) is 118 Å². The normalized spacial score (nSPS) is 12.3. The fourth-order valence-electron chi connectivity index (χ4n) is 3.40. The average molecular weight is 367 g/mol. The van der Waals surface area contributed by atoms with Crippen LogP contribution in [0.3, 0.4) is 0 Å². The summed E-state index contributed by atoms with van der Waals surface area (Å²) in [5.41, 5.74) is 6.17. The van der Waals surface area contributed by atoms with E-state index in [-0.39, 0.29) is 18.2 Å². The highest BCUT2D eigenvalue weighted by Gasteiger charge is 2.27. The van der Waals surface area contributed by atoms with Crippen molar-refractivity contribution in [3.8, 4) is 5.88 Å². The molecule has 0 aliphatic carbocycles. The molecule has 27 heavy (non-hydrogen) atoms. The summed E-state index contributed by atoms with van der Waals surface area (Å²) in [6.45, 7) is 3.93. The minimum absolute atomic E-state index is 0.239. The van der Waals surface area contributed by atoms with Gasteiger partial charge in [-0.2, -0.15) is 5.10 Å². The monoisotopic (exact) mass is 367 g/mol. The van der Waals surface area contributed by atoms with Crippen molar-refractivity contribution < 1.29 is 14.3 Å². The van der Waals surface area contributed by atoms with E-state index in [1.807, 2.05) is 13.8 Å². The van der Waals surface area contributed by atoms with Gasteiger partial charge in [0.2, 0.25) is 11.8 Å². The van der Waals surface area contributed by atoms with E-state index in [0.29, 0.717) is 44.8 Å². The Morgan fingerprint density at radius 3 is 2.81 bits per heavy atom. The van der Waals surface area contributed by atoms with E-state index in [2.05, 4.69) is 15.2 Å². The quantitative estimate of drug-likeness (QED) is 0.479. The summed E-state index contributed by atoms with van der Waals surface area (Å²) >= 11 is 0. The molecule has 7 nitrogen and oxygen atoms in total. The number of benzene rings is 2. The number of rotatable bonds is 4. The number of amides is 1. The van der Waals surface area contributed by atoms with Gasteiger partial charge in [-0.05, 0) is 24.6 Å². The molecule has 0 spiro atoms. The third-order valence-electron chi connectivity index (χ3n) is 4.95. The fourth-order valence-corrected chi connectivity index (χ4v) is 3.40. The Morgan fingerprint density at radius 1 is 1.30 bits per heavy atom. The molecule has 0 aliphatic rings. The van der Waals surface area contributed by atoms with E-state index in [0.717, 1.165) is 0 Å². The molecular weight excluding hydrogens is 349 g/mol. The summed E-state index contributed by atoms with van der Waals surface area (Å²) in [5, 5.41) is 20.0. The second kappa shape index (κ2) is 5.87. The van der Waals surface area contributed by atoms with Crippen molar-refractivity contribution in [2.45, 2.75) is 32.1 Å². The van der Waals surface area contributed by atoms with Crippen molar-refractivity contribution in [2.24, 2.45) is 5.73 Å². The summed E-state index contributed by atoms with van der Waals surface area (Å²) in [6, 6.07) is 4.34. The lowest BCUT2D eigenvalue weighted by atomic mass is 9.87. The van der Waals surface area contributed by atoms with Crippen molar-refractivity contribution in [3.63, 3.8) is 0 Å². The molecule has 4 N–H and O–H groups in total. The molecular formula is C19H18FN5O2. The van der Waals surface area contributed by atoms with Crippen LogP contribution in [0.5, 0.6) is 5.88 Å². The van der Waals surface area contributed by atoms with Crippen molar-refractivity contribution in [1.82, 2.24) is 20.2 Å². The number of hydrogen-bond acceptors (Lipinski definition) is 5. The molecule has 1 amide bonds. The van der Waals surface area contributed by atoms with Gasteiger partial charge in [0.15, 0.2) is 0 Å². The van der Waals surface area contributed by atoms with Gasteiger partial charge in [-0.25, -0.2) is 9.37 Å². The van der Waals surface area contributed by atoms with Crippen LogP contribution >= 0.6 is 0 Å².